The van der Waals surface area contributed by atoms with Crippen LogP contribution in [0.3, 0.4) is 0 Å². The van der Waals surface area contributed by atoms with Gasteiger partial charge >= 0.3 is 0 Å². The number of benzene rings is 1. The summed E-state index contributed by atoms with van der Waals surface area (Å²) in [5.74, 6) is 0.384. The van der Waals surface area contributed by atoms with Crippen molar-refractivity contribution in [1.29, 1.82) is 0 Å². The Bertz CT molecular complexity index is 494. The molecule has 1 aromatic carbocycles. The van der Waals surface area contributed by atoms with Gasteiger partial charge in [0.1, 0.15) is 5.75 Å². The van der Waals surface area contributed by atoms with E-state index in [0.29, 0.717) is 5.75 Å². The first-order valence-electron chi connectivity index (χ1n) is 9.00. The summed E-state index contributed by atoms with van der Waals surface area (Å²) < 4.78 is 26.4. The van der Waals surface area contributed by atoms with E-state index in [1.165, 1.54) is 11.3 Å². The number of nitrogens with one attached hydrogen (secondary N) is 1. The zero-order valence-corrected chi connectivity index (χ0v) is 12.5. The number of aliphatic hydroxyl groups is 1. The molecule has 20 heavy (non-hydrogen) atoms. The first kappa shape index (κ1) is 11.6. The Morgan fingerprint density at radius 2 is 1.90 bits per heavy atom. The quantitative estimate of drug-likeness (QED) is 0.860. The van der Waals surface area contributed by atoms with Crippen LogP contribution in [0.15, 0.2) is 24.3 Å². The number of rotatable bonds is 5. The molecule has 0 spiro atoms. The fourth-order valence-corrected chi connectivity index (χ4v) is 3.31. The van der Waals surface area contributed by atoms with Gasteiger partial charge in [0.25, 0.3) is 0 Å². The first-order chi connectivity index (χ1) is 10.7. The van der Waals surface area contributed by atoms with Crippen molar-refractivity contribution in [3.8, 4) is 5.75 Å². The molecule has 0 aliphatic heterocycles. The summed E-state index contributed by atoms with van der Waals surface area (Å²) in [6.07, 6.45) is 4.98. The van der Waals surface area contributed by atoms with Gasteiger partial charge in [-0.05, 0) is 30.5 Å². The Kier molecular flexibility index (Phi) is 3.82. The molecule has 1 aromatic rings. The minimum atomic E-state index is -2.43. The van der Waals surface area contributed by atoms with Gasteiger partial charge in [0.2, 0.25) is 0 Å². The highest BCUT2D eigenvalue weighted by molar-refractivity contribution is 5.31. The average Bonchev–Trinajstić information content (AvgIpc) is 2.45. The van der Waals surface area contributed by atoms with Gasteiger partial charge in [-0.3, -0.25) is 0 Å². The summed E-state index contributed by atoms with van der Waals surface area (Å²) in [6, 6.07) is 7.15. The molecule has 1 saturated carbocycles. The fraction of sp³-hybridized carbons (Fsp3) is 0.647. The van der Waals surface area contributed by atoms with Crippen LogP contribution in [0.5, 0.6) is 5.75 Å². The van der Waals surface area contributed by atoms with E-state index in [-0.39, 0.29) is 5.92 Å². The molecule has 112 valence electrons. The average molecular weight is 281 g/mol. The third-order valence-corrected chi connectivity index (χ3v) is 4.38. The van der Waals surface area contributed by atoms with E-state index in [0.717, 1.165) is 37.8 Å². The molecule has 2 N–H and O–H groups in total. The Balaban J connectivity index is 2.21. The molecule has 0 heterocycles. The molecular formula is C17H28NO2+. The highest BCUT2D eigenvalue weighted by Crippen LogP contribution is 2.39. The van der Waals surface area contributed by atoms with Crippen molar-refractivity contribution in [3.63, 3.8) is 0 Å². The molecule has 0 saturated heterocycles. The Morgan fingerprint density at radius 3 is 2.45 bits per heavy atom. The second kappa shape index (κ2) is 6.59. The molecule has 0 unspecified atom stereocenters. The van der Waals surface area contributed by atoms with Gasteiger partial charge in [-0.1, -0.05) is 31.4 Å². The van der Waals surface area contributed by atoms with Crippen molar-refractivity contribution < 1.29 is 18.9 Å². The maximum absolute atomic E-state index is 11.2. The van der Waals surface area contributed by atoms with Gasteiger partial charge in [-0.15, -0.1) is 0 Å². The third kappa shape index (κ3) is 3.53. The summed E-state index contributed by atoms with van der Waals surface area (Å²) in [6.45, 7) is 0.843. The van der Waals surface area contributed by atoms with Crippen LogP contribution < -0.4 is 9.64 Å². The Hall–Kier alpha value is -1.06. The molecule has 1 fully saturated rings. The van der Waals surface area contributed by atoms with Crippen LogP contribution in [-0.4, -0.2) is 38.4 Å². The van der Waals surface area contributed by atoms with Gasteiger partial charge in [0, 0.05) is 0 Å². The molecule has 3 heteroatoms. The standard InChI is InChI=1S/C17H27NO2/c1-18(2)13-16(17(19)11-5-4-6-12-17)14-7-9-15(20-3)10-8-14/h7-10,16,19H,4-6,11-13H2,1-3H3/p+1/t16-/m1/s1/i3D3. The normalized spacial score (nSPS) is 22.7. The van der Waals surface area contributed by atoms with Crippen molar-refractivity contribution in [2.45, 2.75) is 43.6 Å². The Labute approximate surface area is 126 Å². The highest BCUT2D eigenvalue weighted by atomic mass is 16.5. The Morgan fingerprint density at radius 1 is 1.25 bits per heavy atom. The minimum absolute atomic E-state index is 0.0506. The van der Waals surface area contributed by atoms with E-state index >= 15 is 0 Å². The van der Waals surface area contributed by atoms with E-state index in [9.17, 15) is 5.11 Å². The van der Waals surface area contributed by atoms with Gasteiger partial charge < -0.3 is 14.7 Å². The first-order valence-corrected chi connectivity index (χ1v) is 7.50. The van der Waals surface area contributed by atoms with Gasteiger partial charge in [0.05, 0.1) is 43.3 Å². The topological polar surface area (TPSA) is 33.9 Å². The lowest BCUT2D eigenvalue weighted by Crippen LogP contribution is -3.06. The summed E-state index contributed by atoms with van der Waals surface area (Å²) in [5, 5.41) is 11.2. The molecule has 2 rings (SSSR count). The van der Waals surface area contributed by atoms with Crippen molar-refractivity contribution in [1.82, 2.24) is 0 Å². The van der Waals surface area contributed by atoms with Crippen molar-refractivity contribution in [2.75, 3.05) is 27.7 Å². The lowest BCUT2D eigenvalue weighted by Gasteiger charge is -2.39. The summed E-state index contributed by atoms with van der Waals surface area (Å²) in [7, 11) is 1.74. The lowest BCUT2D eigenvalue weighted by atomic mass is 9.72. The molecule has 1 aliphatic rings. The SMILES string of the molecule is [2H]C([2H])([2H])Oc1ccc([C@@H](C[NH+](C)C)C2(O)CCCCC2)cc1. The van der Waals surface area contributed by atoms with E-state index < -0.39 is 12.6 Å². The van der Waals surface area contributed by atoms with Crippen LogP contribution in [0, 0.1) is 0 Å². The summed E-state index contributed by atoms with van der Waals surface area (Å²) >= 11 is 0. The van der Waals surface area contributed by atoms with Crippen molar-refractivity contribution in [2.24, 2.45) is 0 Å². The van der Waals surface area contributed by atoms with Crippen LogP contribution in [0.4, 0.5) is 0 Å². The molecule has 0 aromatic heterocycles. The van der Waals surface area contributed by atoms with E-state index in [1.54, 1.807) is 12.1 Å². The van der Waals surface area contributed by atoms with Crippen LogP contribution in [0.2, 0.25) is 0 Å². The van der Waals surface area contributed by atoms with E-state index in [2.05, 4.69) is 14.1 Å². The van der Waals surface area contributed by atoms with Crippen LogP contribution in [0.1, 0.15) is 47.7 Å². The highest BCUT2D eigenvalue weighted by Gasteiger charge is 2.40. The van der Waals surface area contributed by atoms with Crippen LogP contribution in [-0.2, 0) is 0 Å². The van der Waals surface area contributed by atoms with E-state index in [1.807, 2.05) is 12.1 Å². The number of methoxy groups -OCH3 is 1. The number of hydrogen-bond donors (Lipinski definition) is 2. The van der Waals surface area contributed by atoms with E-state index in [4.69, 9.17) is 8.85 Å². The zero-order chi connectivity index (χ0) is 17.1. The third-order valence-electron chi connectivity index (χ3n) is 4.38. The summed E-state index contributed by atoms with van der Waals surface area (Å²) in [4.78, 5) is 1.29. The molecular weight excluding hydrogens is 250 g/mol. The maximum atomic E-state index is 11.2. The van der Waals surface area contributed by atoms with Crippen molar-refractivity contribution >= 4 is 0 Å². The second-order valence-electron chi connectivity index (χ2n) is 6.30. The number of hydrogen-bond acceptors (Lipinski definition) is 2. The van der Waals surface area contributed by atoms with Crippen molar-refractivity contribution in [3.05, 3.63) is 29.8 Å². The molecule has 3 nitrogen and oxygen atoms in total. The lowest BCUT2D eigenvalue weighted by molar-refractivity contribution is -0.860. The molecule has 1 atom stereocenters. The number of likely N-dealkylation sites (N-methyl/N-ethyl adjacent to an activating group) is 1. The largest absolute Gasteiger partial charge is 0.497 e. The van der Waals surface area contributed by atoms with Gasteiger partial charge in [0.15, 0.2) is 0 Å². The smallest absolute Gasteiger partial charge is 0.118 e. The molecule has 0 radical (unpaired) electrons. The minimum Gasteiger partial charge on any atom is -0.497 e. The second-order valence-corrected chi connectivity index (χ2v) is 6.30. The zero-order valence-electron chi connectivity index (χ0n) is 15.5. The molecule has 0 bridgehead atoms. The monoisotopic (exact) mass is 281 g/mol. The van der Waals surface area contributed by atoms with Gasteiger partial charge in [-0.25, -0.2) is 0 Å². The van der Waals surface area contributed by atoms with Crippen LogP contribution >= 0.6 is 0 Å². The number of ether oxygens (including phenoxy) is 1. The maximum Gasteiger partial charge on any atom is 0.118 e. The molecule has 1 aliphatic carbocycles. The predicted octanol–water partition coefficient (Wildman–Crippen LogP) is 1.62. The molecule has 0 amide bonds. The summed E-state index contributed by atoms with van der Waals surface area (Å²) in [5.41, 5.74) is 0.385. The predicted molar refractivity (Wildman–Crippen MR) is 81.4 cm³/mol. The fourth-order valence-electron chi connectivity index (χ4n) is 3.31. The van der Waals surface area contributed by atoms with Crippen LogP contribution in [0.25, 0.3) is 0 Å². The van der Waals surface area contributed by atoms with Gasteiger partial charge in [-0.2, -0.15) is 0 Å². The number of quaternary nitrogens is 1.